The second-order valence-electron chi connectivity index (χ2n) is 12.2. The van der Waals surface area contributed by atoms with Crippen molar-refractivity contribution in [3.05, 3.63) is 128 Å². The summed E-state index contributed by atoms with van der Waals surface area (Å²) in [6.07, 6.45) is 5.01. The van der Waals surface area contributed by atoms with Gasteiger partial charge in [0.15, 0.2) is 0 Å². The molecule has 0 saturated heterocycles. The highest BCUT2D eigenvalue weighted by atomic mass is 35.5. The molecule has 0 spiro atoms. The van der Waals surface area contributed by atoms with Crippen LogP contribution in [-0.4, -0.2) is 43.8 Å². The molecule has 0 radical (unpaired) electrons. The fourth-order valence-corrected chi connectivity index (χ4v) is 8.10. The maximum absolute atomic E-state index is 14.7. The topological polar surface area (TPSA) is 86.8 Å². The van der Waals surface area contributed by atoms with Crippen molar-refractivity contribution < 1.29 is 18.0 Å². The van der Waals surface area contributed by atoms with Gasteiger partial charge >= 0.3 is 0 Å². The van der Waals surface area contributed by atoms with Gasteiger partial charge in [-0.15, -0.1) is 0 Å². The molecule has 1 aliphatic carbocycles. The highest BCUT2D eigenvalue weighted by Gasteiger charge is 2.36. The first-order valence-electron chi connectivity index (χ1n) is 16.0. The summed E-state index contributed by atoms with van der Waals surface area (Å²) in [5, 5.41) is 4.27. The highest BCUT2D eigenvalue weighted by Crippen LogP contribution is 2.32. The smallest absolute Gasteiger partial charge is 0.264 e. The van der Waals surface area contributed by atoms with Crippen molar-refractivity contribution in [2.45, 2.75) is 69.0 Å². The fourth-order valence-electron chi connectivity index (χ4n) is 5.94. The van der Waals surface area contributed by atoms with E-state index in [-0.39, 0.29) is 45.5 Å². The Bertz CT molecular complexity index is 1890. The predicted octanol–water partition coefficient (Wildman–Crippen LogP) is 8.89. The van der Waals surface area contributed by atoms with Gasteiger partial charge in [-0.25, -0.2) is 8.42 Å². The number of rotatable bonds is 12. The fraction of sp³-hybridized carbons (Fsp3) is 0.297. The molecular formula is C37H37Cl4N3O4S. The van der Waals surface area contributed by atoms with Gasteiger partial charge in [0.25, 0.3) is 10.0 Å². The molecule has 0 unspecified atom stereocenters. The number of benzene rings is 4. The first-order valence-corrected chi connectivity index (χ1v) is 19.0. The van der Waals surface area contributed by atoms with E-state index in [1.165, 1.54) is 35.2 Å². The Morgan fingerprint density at radius 2 is 1.51 bits per heavy atom. The SMILES string of the molecule is Cc1ccc(S(=O)(=O)N(CC(=O)N(Cc2ccc(Cl)cc2Cl)[C@@H](Cc2ccccc2)C(=O)NC2CCCCC2)c2ccc(Cl)c(Cl)c2)cc1. The van der Waals surface area contributed by atoms with Crippen LogP contribution in [0.25, 0.3) is 0 Å². The molecule has 1 aliphatic rings. The first-order chi connectivity index (χ1) is 23.4. The van der Waals surface area contributed by atoms with Crippen LogP contribution in [0.3, 0.4) is 0 Å². The molecule has 4 aromatic carbocycles. The van der Waals surface area contributed by atoms with Crippen LogP contribution >= 0.6 is 46.4 Å². The van der Waals surface area contributed by atoms with Crippen molar-refractivity contribution >= 4 is 73.9 Å². The van der Waals surface area contributed by atoms with Gasteiger partial charge in [-0.1, -0.05) is 120 Å². The van der Waals surface area contributed by atoms with E-state index in [9.17, 15) is 18.0 Å². The average molecular weight is 762 g/mol. The maximum Gasteiger partial charge on any atom is 0.264 e. The van der Waals surface area contributed by atoms with Crippen molar-refractivity contribution in [3.63, 3.8) is 0 Å². The van der Waals surface area contributed by atoms with E-state index < -0.39 is 28.5 Å². The van der Waals surface area contributed by atoms with E-state index in [0.29, 0.717) is 15.6 Å². The molecule has 0 bridgehead atoms. The summed E-state index contributed by atoms with van der Waals surface area (Å²) in [5.74, 6) is -0.941. The zero-order chi connectivity index (χ0) is 35.1. The van der Waals surface area contributed by atoms with E-state index >= 15 is 0 Å². The summed E-state index contributed by atoms with van der Waals surface area (Å²) in [6.45, 7) is 1.13. The Kier molecular flexibility index (Phi) is 12.6. The van der Waals surface area contributed by atoms with Crippen LogP contribution in [0.4, 0.5) is 5.69 Å². The molecule has 1 atom stereocenters. The Hall–Kier alpha value is -3.27. The number of hydrogen-bond acceptors (Lipinski definition) is 4. The molecule has 4 aromatic rings. The number of hydrogen-bond donors (Lipinski definition) is 1. The van der Waals surface area contributed by atoms with Crippen molar-refractivity contribution in [3.8, 4) is 0 Å². The molecule has 258 valence electrons. The van der Waals surface area contributed by atoms with Gasteiger partial charge in [0.2, 0.25) is 11.8 Å². The van der Waals surface area contributed by atoms with Crippen molar-refractivity contribution in [1.29, 1.82) is 0 Å². The number of carbonyl (C=O) groups is 2. The molecule has 1 saturated carbocycles. The summed E-state index contributed by atoms with van der Waals surface area (Å²) in [7, 11) is -4.30. The number of aryl methyl sites for hydroxylation is 1. The number of nitrogens with zero attached hydrogens (tertiary/aromatic N) is 2. The predicted molar refractivity (Wildman–Crippen MR) is 198 cm³/mol. The number of anilines is 1. The lowest BCUT2D eigenvalue weighted by Gasteiger charge is -2.35. The third kappa shape index (κ3) is 9.50. The lowest BCUT2D eigenvalue weighted by atomic mass is 9.94. The maximum atomic E-state index is 14.7. The van der Waals surface area contributed by atoms with Crippen LogP contribution in [0.15, 0.2) is 95.9 Å². The Morgan fingerprint density at radius 1 is 0.816 bits per heavy atom. The Morgan fingerprint density at radius 3 is 2.16 bits per heavy atom. The number of amides is 2. The van der Waals surface area contributed by atoms with Crippen LogP contribution in [0.5, 0.6) is 0 Å². The van der Waals surface area contributed by atoms with Crippen LogP contribution in [-0.2, 0) is 32.6 Å². The van der Waals surface area contributed by atoms with Crippen LogP contribution in [0, 0.1) is 6.92 Å². The molecule has 49 heavy (non-hydrogen) atoms. The molecule has 1 fully saturated rings. The molecule has 2 amide bonds. The van der Waals surface area contributed by atoms with Crippen LogP contribution in [0.1, 0.15) is 48.8 Å². The lowest BCUT2D eigenvalue weighted by molar-refractivity contribution is -0.140. The Labute approximate surface area is 308 Å². The number of sulfonamides is 1. The Balaban J connectivity index is 1.59. The first kappa shape index (κ1) is 37.0. The van der Waals surface area contributed by atoms with Crippen LogP contribution < -0.4 is 9.62 Å². The van der Waals surface area contributed by atoms with Gasteiger partial charge in [-0.3, -0.25) is 13.9 Å². The van der Waals surface area contributed by atoms with Crippen LogP contribution in [0.2, 0.25) is 20.1 Å². The third-order valence-corrected chi connectivity index (χ3v) is 11.8. The van der Waals surface area contributed by atoms with E-state index in [1.54, 1.807) is 30.3 Å². The number of carbonyl (C=O) groups excluding carboxylic acids is 2. The van der Waals surface area contributed by atoms with Gasteiger partial charge in [-0.2, -0.15) is 0 Å². The summed E-state index contributed by atoms with van der Waals surface area (Å²) in [4.78, 5) is 30.4. The second kappa shape index (κ2) is 16.6. The molecule has 7 nitrogen and oxygen atoms in total. The monoisotopic (exact) mass is 759 g/mol. The second-order valence-corrected chi connectivity index (χ2v) is 15.7. The highest BCUT2D eigenvalue weighted by molar-refractivity contribution is 7.92. The molecule has 12 heteroatoms. The van der Waals surface area contributed by atoms with E-state index in [0.717, 1.165) is 47.5 Å². The minimum absolute atomic E-state index is 0.0138. The van der Waals surface area contributed by atoms with Gasteiger partial charge in [0.1, 0.15) is 12.6 Å². The van der Waals surface area contributed by atoms with Gasteiger partial charge < -0.3 is 10.2 Å². The molecule has 5 rings (SSSR count). The number of halogens is 4. The van der Waals surface area contributed by atoms with Crippen molar-refractivity contribution in [2.75, 3.05) is 10.8 Å². The minimum Gasteiger partial charge on any atom is -0.352 e. The molecule has 0 aromatic heterocycles. The average Bonchev–Trinajstić information content (AvgIpc) is 3.08. The normalized spacial score (nSPS) is 14.2. The minimum atomic E-state index is -4.30. The number of nitrogens with one attached hydrogen (secondary N) is 1. The van der Waals surface area contributed by atoms with E-state index in [1.807, 2.05) is 37.3 Å². The van der Waals surface area contributed by atoms with Crippen molar-refractivity contribution in [1.82, 2.24) is 10.2 Å². The zero-order valence-corrected chi connectivity index (χ0v) is 30.8. The largest absolute Gasteiger partial charge is 0.352 e. The summed E-state index contributed by atoms with van der Waals surface area (Å²) in [5.41, 5.74) is 2.39. The summed E-state index contributed by atoms with van der Waals surface area (Å²) in [6, 6.07) is 24.0. The van der Waals surface area contributed by atoms with Gasteiger partial charge in [0.05, 0.1) is 20.6 Å². The zero-order valence-electron chi connectivity index (χ0n) is 26.9. The molecule has 0 heterocycles. The quantitative estimate of drug-likeness (QED) is 0.156. The lowest BCUT2D eigenvalue weighted by Crippen LogP contribution is -2.55. The van der Waals surface area contributed by atoms with Gasteiger partial charge in [0, 0.05) is 29.1 Å². The molecule has 1 N–H and O–H groups in total. The molecule has 0 aliphatic heterocycles. The van der Waals surface area contributed by atoms with Gasteiger partial charge in [-0.05, 0) is 73.4 Å². The van der Waals surface area contributed by atoms with Crippen molar-refractivity contribution in [2.24, 2.45) is 0 Å². The standard InChI is InChI=1S/C37H37Cl4N3O4S/c1-25-12-17-31(18-13-25)49(47,48)44(30-16-19-32(39)34(41)22-30)24-36(45)43(23-27-14-15-28(38)21-33(27)40)35(20-26-8-4-2-5-9-26)37(46)42-29-10-6-3-7-11-29/h2,4-5,8-9,12-19,21-22,29,35H,3,6-7,10-11,20,23-24H2,1H3,(H,42,46)/t35-/m0/s1. The molecular weight excluding hydrogens is 724 g/mol. The van der Waals surface area contributed by atoms with E-state index in [4.69, 9.17) is 46.4 Å². The summed E-state index contributed by atoms with van der Waals surface area (Å²) >= 11 is 25.4. The van der Waals surface area contributed by atoms with E-state index in [2.05, 4.69) is 5.32 Å². The third-order valence-electron chi connectivity index (χ3n) is 8.66. The summed E-state index contributed by atoms with van der Waals surface area (Å²) < 4.78 is 29.5.